The molecule has 0 amide bonds. The molecule has 1 aromatic heterocycles. The Bertz CT molecular complexity index is 561. The van der Waals surface area contributed by atoms with Gasteiger partial charge in [0.15, 0.2) is 0 Å². The second-order valence-corrected chi connectivity index (χ2v) is 3.86. The summed E-state index contributed by atoms with van der Waals surface area (Å²) in [6.07, 6.45) is 1.61. The molecule has 0 spiro atoms. The Kier molecular flexibility index (Phi) is 3.59. The number of aromatic nitrogens is 1. The Labute approximate surface area is 105 Å². The highest BCUT2D eigenvalue weighted by Crippen LogP contribution is 2.21. The minimum absolute atomic E-state index is 0.437. The van der Waals surface area contributed by atoms with Gasteiger partial charge in [-0.1, -0.05) is 29.8 Å². The molecule has 1 N–H and O–H groups in total. The number of anilines is 1. The Balaban J connectivity index is 2.13. The van der Waals surface area contributed by atoms with E-state index < -0.39 is 0 Å². The van der Waals surface area contributed by atoms with Crippen molar-refractivity contribution in [3.05, 3.63) is 58.9 Å². The summed E-state index contributed by atoms with van der Waals surface area (Å²) in [5.74, 6) is 0. The first-order valence-electron chi connectivity index (χ1n) is 5.13. The first-order valence-corrected chi connectivity index (χ1v) is 5.51. The van der Waals surface area contributed by atoms with Crippen LogP contribution >= 0.6 is 11.6 Å². The molecule has 0 atom stereocenters. The van der Waals surface area contributed by atoms with Crippen molar-refractivity contribution in [2.75, 3.05) is 5.32 Å². The van der Waals surface area contributed by atoms with Crippen LogP contribution < -0.4 is 5.32 Å². The second kappa shape index (κ2) is 5.33. The van der Waals surface area contributed by atoms with Crippen LogP contribution in [0.3, 0.4) is 0 Å². The van der Waals surface area contributed by atoms with Gasteiger partial charge >= 0.3 is 0 Å². The number of pyridine rings is 1. The molecule has 0 aliphatic heterocycles. The van der Waals surface area contributed by atoms with E-state index in [1.54, 1.807) is 6.20 Å². The van der Waals surface area contributed by atoms with Gasteiger partial charge in [-0.05, 0) is 18.2 Å². The summed E-state index contributed by atoms with van der Waals surface area (Å²) in [5, 5.41) is 12.7. The van der Waals surface area contributed by atoms with Crippen molar-refractivity contribution in [1.82, 2.24) is 4.98 Å². The van der Waals surface area contributed by atoms with Crippen molar-refractivity contribution in [3.8, 4) is 6.07 Å². The molecule has 0 radical (unpaired) electrons. The van der Waals surface area contributed by atoms with Crippen molar-refractivity contribution < 1.29 is 0 Å². The maximum absolute atomic E-state index is 8.90. The molecule has 84 valence electrons. The lowest BCUT2D eigenvalue weighted by Gasteiger charge is -2.08. The molecule has 0 aliphatic carbocycles. The molecule has 0 saturated carbocycles. The highest BCUT2D eigenvalue weighted by atomic mass is 35.5. The van der Waals surface area contributed by atoms with E-state index in [4.69, 9.17) is 16.9 Å². The van der Waals surface area contributed by atoms with Gasteiger partial charge in [-0.2, -0.15) is 5.26 Å². The van der Waals surface area contributed by atoms with Gasteiger partial charge in [0.05, 0.1) is 10.7 Å². The van der Waals surface area contributed by atoms with Crippen molar-refractivity contribution >= 4 is 17.3 Å². The maximum atomic E-state index is 8.90. The van der Waals surface area contributed by atoms with Crippen LogP contribution in [0.4, 0.5) is 5.69 Å². The van der Waals surface area contributed by atoms with Crippen LogP contribution in [0.1, 0.15) is 11.3 Å². The zero-order valence-electron chi connectivity index (χ0n) is 9.02. The average molecular weight is 244 g/mol. The lowest BCUT2D eigenvalue weighted by molar-refractivity contribution is 1.09. The molecule has 0 bridgehead atoms. The summed E-state index contributed by atoms with van der Waals surface area (Å²) < 4.78 is 0. The van der Waals surface area contributed by atoms with E-state index in [1.165, 1.54) is 0 Å². The van der Waals surface area contributed by atoms with Gasteiger partial charge < -0.3 is 5.32 Å². The van der Waals surface area contributed by atoms with Crippen molar-refractivity contribution in [1.29, 1.82) is 5.26 Å². The summed E-state index contributed by atoms with van der Waals surface area (Å²) in [4.78, 5) is 4.00. The fraction of sp³-hybridized carbons (Fsp3) is 0.0769. The molecule has 0 fully saturated rings. The lowest BCUT2D eigenvalue weighted by atomic mass is 10.2. The van der Waals surface area contributed by atoms with Crippen LogP contribution in [0.5, 0.6) is 0 Å². The van der Waals surface area contributed by atoms with Crippen LogP contribution in [0.25, 0.3) is 0 Å². The smallest absolute Gasteiger partial charge is 0.145 e. The summed E-state index contributed by atoms with van der Waals surface area (Å²) in [6, 6.07) is 13.2. The third-order valence-electron chi connectivity index (χ3n) is 2.34. The van der Waals surface area contributed by atoms with E-state index in [-0.39, 0.29) is 0 Å². The van der Waals surface area contributed by atoms with Gasteiger partial charge in [0.1, 0.15) is 11.8 Å². The van der Waals surface area contributed by atoms with E-state index in [2.05, 4.69) is 16.4 Å². The van der Waals surface area contributed by atoms with Gasteiger partial charge in [0, 0.05) is 18.3 Å². The van der Waals surface area contributed by atoms with Crippen molar-refractivity contribution in [2.24, 2.45) is 0 Å². The number of benzene rings is 1. The standard InChI is InChI=1S/C13H10ClN3/c14-11-5-1-2-6-12(11)17-9-10-4-3-7-16-13(10)8-15/h1-7,17H,9H2. The number of nitrogens with zero attached hydrogens (tertiary/aromatic N) is 2. The number of hydrogen-bond donors (Lipinski definition) is 1. The number of nitriles is 1. The van der Waals surface area contributed by atoms with Gasteiger partial charge in [-0.15, -0.1) is 0 Å². The van der Waals surface area contributed by atoms with E-state index >= 15 is 0 Å². The molecular formula is C13H10ClN3. The summed E-state index contributed by atoms with van der Waals surface area (Å²) in [5.41, 5.74) is 2.14. The van der Waals surface area contributed by atoms with E-state index in [9.17, 15) is 0 Å². The number of para-hydroxylation sites is 1. The van der Waals surface area contributed by atoms with Gasteiger partial charge in [-0.25, -0.2) is 4.98 Å². The number of rotatable bonds is 3. The second-order valence-electron chi connectivity index (χ2n) is 3.46. The van der Waals surface area contributed by atoms with Gasteiger partial charge in [0.25, 0.3) is 0 Å². The van der Waals surface area contributed by atoms with Crippen LogP contribution in [0.2, 0.25) is 5.02 Å². The largest absolute Gasteiger partial charge is 0.380 e. The topological polar surface area (TPSA) is 48.7 Å². The third kappa shape index (κ3) is 2.74. The van der Waals surface area contributed by atoms with Gasteiger partial charge in [-0.3, -0.25) is 0 Å². The number of halogens is 1. The van der Waals surface area contributed by atoms with E-state index in [0.717, 1.165) is 11.3 Å². The summed E-state index contributed by atoms with van der Waals surface area (Å²) in [7, 11) is 0. The maximum Gasteiger partial charge on any atom is 0.145 e. The van der Waals surface area contributed by atoms with Crippen LogP contribution in [0.15, 0.2) is 42.6 Å². The van der Waals surface area contributed by atoms with E-state index in [0.29, 0.717) is 17.3 Å². The normalized spacial score (nSPS) is 9.65. The molecule has 1 heterocycles. The predicted octanol–water partition coefficient (Wildman–Crippen LogP) is 3.22. The quantitative estimate of drug-likeness (QED) is 0.901. The highest BCUT2D eigenvalue weighted by molar-refractivity contribution is 6.33. The first kappa shape index (κ1) is 11.4. The fourth-order valence-electron chi connectivity index (χ4n) is 1.48. The highest BCUT2D eigenvalue weighted by Gasteiger charge is 2.03. The minimum Gasteiger partial charge on any atom is -0.380 e. The lowest BCUT2D eigenvalue weighted by Crippen LogP contribution is -2.03. The SMILES string of the molecule is N#Cc1ncccc1CNc1ccccc1Cl. The Morgan fingerprint density at radius 1 is 1.24 bits per heavy atom. The van der Waals surface area contributed by atoms with Crippen LogP contribution in [0, 0.1) is 11.3 Å². The molecule has 3 nitrogen and oxygen atoms in total. The average Bonchev–Trinajstić information content (AvgIpc) is 2.38. The molecule has 17 heavy (non-hydrogen) atoms. The van der Waals surface area contributed by atoms with E-state index in [1.807, 2.05) is 36.4 Å². The summed E-state index contributed by atoms with van der Waals surface area (Å²) >= 11 is 6.02. The molecule has 0 unspecified atom stereocenters. The molecular weight excluding hydrogens is 234 g/mol. The zero-order chi connectivity index (χ0) is 12.1. The molecule has 1 aromatic carbocycles. The first-order chi connectivity index (χ1) is 8.31. The molecule has 4 heteroatoms. The third-order valence-corrected chi connectivity index (χ3v) is 2.67. The van der Waals surface area contributed by atoms with Crippen molar-refractivity contribution in [2.45, 2.75) is 6.54 Å². The van der Waals surface area contributed by atoms with Gasteiger partial charge in [0.2, 0.25) is 0 Å². The molecule has 0 saturated heterocycles. The molecule has 2 rings (SSSR count). The molecule has 2 aromatic rings. The van der Waals surface area contributed by atoms with Crippen LogP contribution in [-0.4, -0.2) is 4.98 Å². The monoisotopic (exact) mass is 243 g/mol. The Hall–Kier alpha value is -2.05. The predicted molar refractivity (Wildman–Crippen MR) is 67.7 cm³/mol. The molecule has 0 aliphatic rings. The summed E-state index contributed by atoms with van der Waals surface area (Å²) in [6.45, 7) is 0.528. The minimum atomic E-state index is 0.437. The van der Waals surface area contributed by atoms with Crippen LogP contribution in [-0.2, 0) is 6.54 Å². The number of hydrogen-bond acceptors (Lipinski definition) is 3. The zero-order valence-corrected chi connectivity index (χ0v) is 9.78. The number of nitrogens with one attached hydrogen (secondary N) is 1. The van der Waals surface area contributed by atoms with Crippen molar-refractivity contribution in [3.63, 3.8) is 0 Å². The fourth-order valence-corrected chi connectivity index (χ4v) is 1.68. The Morgan fingerprint density at radius 3 is 2.82 bits per heavy atom. The Morgan fingerprint density at radius 2 is 2.06 bits per heavy atom.